The summed E-state index contributed by atoms with van der Waals surface area (Å²) in [5, 5.41) is 12.2. The molecule has 0 amide bonds. The number of nitrogens with one attached hydrogen (secondary N) is 1. The molecule has 0 aliphatic rings. The number of ether oxygens (including phenoxy) is 1. The average Bonchev–Trinajstić information content (AvgIpc) is 2.69. The molecule has 0 aromatic heterocycles. The van der Waals surface area contributed by atoms with Crippen LogP contribution >= 0.6 is 0 Å². The third-order valence-corrected chi connectivity index (χ3v) is 4.06. The zero-order valence-corrected chi connectivity index (χ0v) is 14.7. The van der Waals surface area contributed by atoms with Gasteiger partial charge in [-0.3, -0.25) is 0 Å². The molecule has 0 heterocycles. The van der Waals surface area contributed by atoms with Crippen LogP contribution in [0, 0.1) is 29.0 Å². The van der Waals surface area contributed by atoms with E-state index in [-0.39, 0.29) is 6.61 Å². The lowest BCUT2D eigenvalue weighted by Gasteiger charge is -2.14. The van der Waals surface area contributed by atoms with Gasteiger partial charge < -0.3 is 10.1 Å². The fraction of sp³-hybridized carbons (Fsp3) is 0.136. The Morgan fingerprint density at radius 3 is 2.52 bits per heavy atom. The summed E-state index contributed by atoms with van der Waals surface area (Å²) in [5.74, 6) is -1.29. The first-order valence-electron chi connectivity index (χ1n) is 8.47. The van der Waals surface area contributed by atoms with Crippen LogP contribution in [0.15, 0.2) is 54.6 Å². The van der Waals surface area contributed by atoms with Crippen molar-refractivity contribution in [3.05, 3.63) is 89.0 Å². The van der Waals surface area contributed by atoms with Gasteiger partial charge in [0.25, 0.3) is 0 Å². The maximum absolute atomic E-state index is 13.3. The van der Waals surface area contributed by atoms with Gasteiger partial charge in [-0.25, -0.2) is 8.78 Å². The molecule has 5 heteroatoms. The Balaban J connectivity index is 1.75. The molecular formula is C22H17F2N2O. The molecular weight excluding hydrogens is 346 g/mol. The maximum atomic E-state index is 13.3. The Labute approximate surface area is 156 Å². The van der Waals surface area contributed by atoms with E-state index in [9.17, 15) is 8.78 Å². The zero-order chi connectivity index (χ0) is 19.2. The van der Waals surface area contributed by atoms with E-state index in [2.05, 4.69) is 17.5 Å². The van der Waals surface area contributed by atoms with Crippen molar-refractivity contribution < 1.29 is 13.5 Å². The number of anilines is 2. The van der Waals surface area contributed by atoms with Crippen LogP contribution in [0.4, 0.5) is 20.2 Å². The average molecular weight is 363 g/mol. The van der Waals surface area contributed by atoms with Crippen molar-refractivity contribution in [2.75, 3.05) is 5.32 Å². The summed E-state index contributed by atoms with van der Waals surface area (Å²) in [4.78, 5) is 0. The van der Waals surface area contributed by atoms with Gasteiger partial charge in [-0.2, -0.15) is 5.26 Å². The molecule has 1 radical (unpaired) electrons. The predicted octanol–water partition coefficient (Wildman–Crippen LogP) is 5.52. The largest absolute Gasteiger partial charge is 0.488 e. The molecule has 3 rings (SSSR count). The molecule has 0 fully saturated rings. The first-order valence-corrected chi connectivity index (χ1v) is 8.47. The molecule has 0 atom stereocenters. The highest BCUT2D eigenvalue weighted by Gasteiger charge is 2.07. The summed E-state index contributed by atoms with van der Waals surface area (Å²) < 4.78 is 32.0. The van der Waals surface area contributed by atoms with Crippen molar-refractivity contribution in [3.63, 3.8) is 0 Å². The second-order valence-corrected chi connectivity index (χ2v) is 5.94. The summed E-state index contributed by atoms with van der Waals surface area (Å²) in [6.07, 6.45) is 0.804. The van der Waals surface area contributed by atoms with Crippen LogP contribution in [0.25, 0.3) is 0 Å². The van der Waals surface area contributed by atoms with Crippen molar-refractivity contribution in [1.82, 2.24) is 0 Å². The van der Waals surface area contributed by atoms with E-state index in [4.69, 9.17) is 10.00 Å². The van der Waals surface area contributed by atoms with Gasteiger partial charge in [0.05, 0.1) is 11.6 Å². The second kappa shape index (κ2) is 8.33. The van der Waals surface area contributed by atoms with Crippen LogP contribution in [0.3, 0.4) is 0 Å². The molecule has 3 nitrogen and oxygen atoms in total. The van der Waals surface area contributed by atoms with Gasteiger partial charge in [0.1, 0.15) is 12.4 Å². The lowest BCUT2D eigenvalue weighted by atomic mass is 10.1. The lowest BCUT2D eigenvalue weighted by molar-refractivity contribution is 0.304. The molecule has 3 aromatic rings. The van der Waals surface area contributed by atoms with Crippen molar-refractivity contribution >= 4 is 11.4 Å². The summed E-state index contributed by atoms with van der Waals surface area (Å²) >= 11 is 0. The quantitative estimate of drug-likeness (QED) is 0.627. The molecule has 1 N–H and O–H groups in total. The lowest BCUT2D eigenvalue weighted by Crippen LogP contribution is -2.00. The molecule has 0 bridgehead atoms. The molecule has 3 aromatic carbocycles. The summed E-state index contributed by atoms with van der Waals surface area (Å²) in [6.45, 7) is 2.14. The minimum Gasteiger partial charge on any atom is -0.488 e. The normalized spacial score (nSPS) is 10.3. The van der Waals surface area contributed by atoms with E-state index in [1.807, 2.05) is 31.2 Å². The van der Waals surface area contributed by atoms with Gasteiger partial charge in [0, 0.05) is 23.5 Å². The Morgan fingerprint density at radius 2 is 1.85 bits per heavy atom. The minimum atomic E-state index is -0.899. The van der Waals surface area contributed by atoms with E-state index in [0.717, 1.165) is 35.5 Å². The Morgan fingerprint density at radius 1 is 1.07 bits per heavy atom. The topological polar surface area (TPSA) is 45.0 Å². The number of rotatable bonds is 6. The SMILES string of the molecule is CCc1c[c]c(OCc2ccc(F)c(F)c2)cc1Nc1ccc(C#N)cc1. The second-order valence-electron chi connectivity index (χ2n) is 5.94. The molecule has 135 valence electrons. The Bertz CT molecular complexity index is 979. The molecule has 0 aliphatic heterocycles. The molecule has 0 saturated carbocycles. The number of nitriles is 1. The van der Waals surface area contributed by atoms with Gasteiger partial charge >= 0.3 is 0 Å². The predicted molar refractivity (Wildman–Crippen MR) is 99.8 cm³/mol. The van der Waals surface area contributed by atoms with Crippen LogP contribution in [0.1, 0.15) is 23.6 Å². The zero-order valence-electron chi connectivity index (χ0n) is 14.7. The number of nitrogens with zero attached hydrogens (tertiary/aromatic N) is 1. The third-order valence-electron chi connectivity index (χ3n) is 4.06. The fourth-order valence-electron chi connectivity index (χ4n) is 2.57. The highest BCUT2D eigenvalue weighted by molar-refractivity contribution is 5.65. The van der Waals surface area contributed by atoms with E-state index in [0.29, 0.717) is 16.9 Å². The van der Waals surface area contributed by atoms with E-state index in [1.54, 1.807) is 12.1 Å². The van der Waals surface area contributed by atoms with Gasteiger partial charge in [0.15, 0.2) is 11.6 Å². The van der Waals surface area contributed by atoms with Gasteiger partial charge in [-0.15, -0.1) is 0 Å². The van der Waals surface area contributed by atoms with Crippen LogP contribution in [0.5, 0.6) is 5.75 Å². The van der Waals surface area contributed by atoms with Gasteiger partial charge in [-0.1, -0.05) is 13.0 Å². The number of aryl methyl sites for hydroxylation is 1. The Hall–Kier alpha value is -3.39. The summed E-state index contributed by atoms with van der Waals surface area (Å²) in [5.41, 5.74) is 3.89. The van der Waals surface area contributed by atoms with Crippen LogP contribution in [-0.4, -0.2) is 0 Å². The number of benzene rings is 3. The molecule has 0 unspecified atom stereocenters. The standard InChI is InChI=1S/C22H17F2N2O/c1-2-17-6-9-19(27-14-16-5-10-20(23)21(24)11-16)12-22(17)26-18-7-3-15(13-25)4-8-18/h3-8,10-12,26H,2,14H2,1H3. The van der Waals surface area contributed by atoms with E-state index in [1.165, 1.54) is 6.07 Å². The molecule has 0 saturated heterocycles. The van der Waals surface area contributed by atoms with Crippen LogP contribution in [-0.2, 0) is 13.0 Å². The highest BCUT2D eigenvalue weighted by atomic mass is 19.2. The van der Waals surface area contributed by atoms with E-state index < -0.39 is 11.6 Å². The highest BCUT2D eigenvalue weighted by Crippen LogP contribution is 2.27. The number of hydrogen-bond acceptors (Lipinski definition) is 3. The van der Waals surface area contributed by atoms with Crippen molar-refractivity contribution in [3.8, 4) is 11.8 Å². The summed E-state index contributed by atoms with van der Waals surface area (Å²) in [6, 6.07) is 19.6. The van der Waals surface area contributed by atoms with Crippen molar-refractivity contribution in [2.24, 2.45) is 0 Å². The monoisotopic (exact) mass is 363 g/mol. The number of hydrogen-bond donors (Lipinski definition) is 1. The first-order chi connectivity index (χ1) is 13.1. The first kappa shape index (κ1) is 18.4. The maximum Gasteiger partial charge on any atom is 0.159 e. The molecule has 27 heavy (non-hydrogen) atoms. The number of halogens is 2. The van der Waals surface area contributed by atoms with Crippen LogP contribution in [0.2, 0.25) is 0 Å². The van der Waals surface area contributed by atoms with Crippen molar-refractivity contribution in [2.45, 2.75) is 20.0 Å². The summed E-state index contributed by atoms with van der Waals surface area (Å²) in [7, 11) is 0. The van der Waals surface area contributed by atoms with E-state index >= 15 is 0 Å². The van der Waals surface area contributed by atoms with Gasteiger partial charge in [0.2, 0.25) is 0 Å². The molecule has 0 spiro atoms. The third kappa shape index (κ3) is 4.62. The smallest absolute Gasteiger partial charge is 0.159 e. The van der Waals surface area contributed by atoms with Crippen molar-refractivity contribution in [1.29, 1.82) is 5.26 Å². The fourth-order valence-corrected chi connectivity index (χ4v) is 2.57. The Kier molecular flexibility index (Phi) is 5.68. The van der Waals surface area contributed by atoms with Crippen LogP contribution < -0.4 is 10.1 Å². The minimum absolute atomic E-state index is 0.107. The molecule has 0 aliphatic carbocycles. The van der Waals surface area contributed by atoms with Gasteiger partial charge in [-0.05, 0) is 60.0 Å².